The molecule has 0 bridgehead atoms. The molecule has 0 fully saturated rings. The standard InChI is InChI=1S/C13H14O2/c1-2-15-13(14)11-7-6-10-12-8-4-3-5-9-12/h3-11H,2H2,1H3/b10-6+,11-7+. The first-order valence-corrected chi connectivity index (χ1v) is 4.89. The Hall–Kier alpha value is -1.83. The van der Waals surface area contributed by atoms with E-state index in [1.54, 1.807) is 13.0 Å². The van der Waals surface area contributed by atoms with Crippen molar-refractivity contribution < 1.29 is 9.53 Å². The number of carbonyl (C=O) groups excluding carboxylic acids is 1. The number of ether oxygens (including phenoxy) is 1. The number of carbonyl (C=O) groups is 1. The Morgan fingerprint density at radius 2 is 2.00 bits per heavy atom. The molecule has 0 amide bonds. The molecule has 0 spiro atoms. The highest BCUT2D eigenvalue weighted by Gasteiger charge is 1.89. The van der Waals surface area contributed by atoms with Gasteiger partial charge in [-0.2, -0.15) is 0 Å². The first-order valence-electron chi connectivity index (χ1n) is 4.89. The van der Waals surface area contributed by atoms with E-state index < -0.39 is 0 Å². The fraction of sp³-hybridized carbons (Fsp3) is 0.154. The quantitative estimate of drug-likeness (QED) is 0.426. The summed E-state index contributed by atoms with van der Waals surface area (Å²) in [4.78, 5) is 10.9. The van der Waals surface area contributed by atoms with Crippen molar-refractivity contribution in [2.24, 2.45) is 0 Å². The summed E-state index contributed by atoms with van der Waals surface area (Å²) in [5.41, 5.74) is 1.10. The molecule has 0 radical (unpaired) electrons. The zero-order valence-corrected chi connectivity index (χ0v) is 8.72. The topological polar surface area (TPSA) is 26.3 Å². The molecule has 15 heavy (non-hydrogen) atoms. The maximum Gasteiger partial charge on any atom is 0.330 e. The molecule has 0 saturated heterocycles. The SMILES string of the molecule is CCOC(=O)/C=C/C=C/c1ccccc1. The lowest BCUT2D eigenvalue weighted by Crippen LogP contribution is -1.98. The number of hydrogen-bond acceptors (Lipinski definition) is 2. The molecule has 0 atom stereocenters. The minimum atomic E-state index is -0.310. The van der Waals surface area contributed by atoms with Gasteiger partial charge in [0.05, 0.1) is 6.61 Å². The first kappa shape index (κ1) is 11.2. The largest absolute Gasteiger partial charge is 0.463 e. The summed E-state index contributed by atoms with van der Waals surface area (Å²) < 4.78 is 4.73. The van der Waals surface area contributed by atoms with E-state index in [1.807, 2.05) is 42.5 Å². The Morgan fingerprint density at radius 3 is 2.67 bits per heavy atom. The van der Waals surface area contributed by atoms with E-state index in [1.165, 1.54) is 6.08 Å². The van der Waals surface area contributed by atoms with Gasteiger partial charge in [-0.15, -0.1) is 0 Å². The molecule has 0 aromatic heterocycles. The van der Waals surface area contributed by atoms with Gasteiger partial charge in [-0.05, 0) is 12.5 Å². The second kappa shape index (κ2) is 6.60. The summed E-state index contributed by atoms with van der Waals surface area (Å²) in [5, 5.41) is 0. The highest BCUT2D eigenvalue weighted by atomic mass is 16.5. The van der Waals surface area contributed by atoms with Gasteiger partial charge in [0.25, 0.3) is 0 Å². The van der Waals surface area contributed by atoms with Crippen molar-refractivity contribution in [1.82, 2.24) is 0 Å². The predicted octanol–water partition coefficient (Wildman–Crippen LogP) is 2.82. The maximum atomic E-state index is 10.9. The molecule has 1 rings (SSSR count). The summed E-state index contributed by atoms with van der Waals surface area (Å²) in [6.45, 7) is 2.19. The van der Waals surface area contributed by atoms with Crippen LogP contribution < -0.4 is 0 Å². The molecule has 1 aromatic carbocycles. The molecule has 0 aliphatic heterocycles. The van der Waals surface area contributed by atoms with Crippen LogP contribution in [0.1, 0.15) is 12.5 Å². The average molecular weight is 202 g/mol. The van der Waals surface area contributed by atoms with Gasteiger partial charge in [-0.25, -0.2) is 4.79 Å². The van der Waals surface area contributed by atoms with Crippen molar-refractivity contribution in [3.63, 3.8) is 0 Å². The Kier molecular flexibility index (Phi) is 4.95. The van der Waals surface area contributed by atoms with Gasteiger partial charge in [-0.1, -0.05) is 48.6 Å². The van der Waals surface area contributed by atoms with Crippen LogP contribution in [0.25, 0.3) is 6.08 Å². The molecule has 0 unspecified atom stereocenters. The Bertz CT molecular complexity index is 350. The van der Waals surface area contributed by atoms with E-state index in [4.69, 9.17) is 4.74 Å². The van der Waals surface area contributed by atoms with Crippen molar-refractivity contribution in [3.05, 3.63) is 54.1 Å². The van der Waals surface area contributed by atoms with Crippen molar-refractivity contribution in [1.29, 1.82) is 0 Å². The van der Waals surface area contributed by atoms with Crippen LogP contribution in [-0.4, -0.2) is 12.6 Å². The minimum Gasteiger partial charge on any atom is -0.463 e. The normalized spacial score (nSPS) is 11.0. The molecule has 0 heterocycles. The van der Waals surface area contributed by atoms with Crippen molar-refractivity contribution in [2.45, 2.75) is 6.92 Å². The Balaban J connectivity index is 2.43. The fourth-order valence-corrected chi connectivity index (χ4v) is 1.06. The molecular formula is C13H14O2. The summed E-state index contributed by atoms with van der Waals surface area (Å²) in [6.07, 6.45) is 6.82. The lowest BCUT2D eigenvalue weighted by molar-refractivity contribution is -0.137. The number of allylic oxidation sites excluding steroid dienone is 2. The van der Waals surface area contributed by atoms with Crippen LogP contribution in [0.2, 0.25) is 0 Å². The van der Waals surface area contributed by atoms with Crippen molar-refractivity contribution in [2.75, 3.05) is 6.61 Å². The molecule has 2 nitrogen and oxygen atoms in total. The molecule has 0 saturated carbocycles. The second-order valence-corrected chi connectivity index (χ2v) is 2.88. The zero-order chi connectivity index (χ0) is 10.9. The fourth-order valence-electron chi connectivity index (χ4n) is 1.06. The van der Waals surface area contributed by atoms with Gasteiger partial charge in [0, 0.05) is 6.08 Å². The maximum absolute atomic E-state index is 10.9. The number of hydrogen-bond donors (Lipinski definition) is 0. The van der Waals surface area contributed by atoms with Gasteiger partial charge in [-0.3, -0.25) is 0 Å². The molecule has 0 N–H and O–H groups in total. The van der Waals surface area contributed by atoms with Gasteiger partial charge in [0.2, 0.25) is 0 Å². The van der Waals surface area contributed by atoms with E-state index in [0.29, 0.717) is 6.61 Å². The molecule has 0 aliphatic rings. The van der Waals surface area contributed by atoms with Crippen LogP contribution in [-0.2, 0) is 9.53 Å². The van der Waals surface area contributed by atoms with Crippen LogP contribution in [0, 0.1) is 0 Å². The lowest BCUT2D eigenvalue weighted by atomic mass is 10.2. The van der Waals surface area contributed by atoms with Crippen LogP contribution in [0.15, 0.2) is 48.6 Å². The highest BCUT2D eigenvalue weighted by molar-refractivity contribution is 5.82. The average Bonchev–Trinajstić information content (AvgIpc) is 2.26. The van der Waals surface area contributed by atoms with Crippen LogP contribution in [0.3, 0.4) is 0 Å². The van der Waals surface area contributed by atoms with Gasteiger partial charge < -0.3 is 4.74 Å². The lowest BCUT2D eigenvalue weighted by Gasteiger charge is -1.92. The molecule has 78 valence electrons. The van der Waals surface area contributed by atoms with E-state index in [0.717, 1.165) is 5.56 Å². The Labute approximate surface area is 89.9 Å². The van der Waals surface area contributed by atoms with E-state index in [-0.39, 0.29) is 5.97 Å². The number of esters is 1. The molecule has 2 heteroatoms. The smallest absolute Gasteiger partial charge is 0.330 e. The summed E-state index contributed by atoms with van der Waals surface area (Å²) in [7, 11) is 0. The van der Waals surface area contributed by atoms with E-state index in [9.17, 15) is 4.79 Å². The van der Waals surface area contributed by atoms with Crippen LogP contribution in [0.4, 0.5) is 0 Å². The number of rotatable bonds is 4. The van der Waals surface area contributed by atoms with Crippen molar-refractivity contribution in [3.8, 4) is 0 Å². The third kappa shape index (κ3) is 4.81. The second-order valence-electron chi connectivity index (χ2n) is 2.88. The first-order chi connectivity index (χ1) is 7.33. The Morgan fingerprint density at radius 1 is 1.27 bits per heavy atom. The monoisotopic (exact) mass is 202 g/mol. The van der Waals surface area contributed by atoms with Crippen LogP contribution >= 0.6 is 0 Å². The third-order valence-electron chi connectivity index (χ3n) is 1.72. The summed E-state index contributed by atoms with van der Waals surface area (Å²) in [5.74, 6) is -0.310. The van der Waals surface area contributed by atoms with E-state index >= 15 is 0 Å². The summed E-state index contributed by atoms with van der Waals surface area (Å²) in [6, 6.07) is 9.89. The number of benzene rings is 1. The van der Waals surface area contributed by atoms with E-state index in [2.05, 4.69) is 0 Å². The summed E-state index contributed by atoms with van der Waals surface area (Å²) >= 11 is 0. The minimum absolute atomic E-state index is 0.310. The molecular weight excluding hydrogens is 188 g/mol. The highest BCUT2D eigenvalue weighted by Crippen LogP contribution is 2.00. The van der Waals surface area contributed by atoms with Crippen LogP contribution in [0.5, 0.6) is 0 Å². The molecule has 0 aliphatic carbocycles. The predicted molar refractivity (Wildman–Crippen MR) is 61.2 cm³/mol. The third-order valence-corrected chi connectivity index (χ3v) is 1.72. The van der Waals surface area contributed by atoms with Crippen molar-refractivity contribution >= 4 is 12.0 Å². The molecule has 1 aromatic rings. The zero-order valence-electron chi connectivity index (χ0n) is 8.72. The van der Waals surface area contributed by atoms with Gasteiger partial charge in [0.15, 0.2) is 0 Å². The van der Waals surface area contributed by atoms with Gasteiger partial charge >= 0.3 is 5.97 Å². The van der Waals surface area contributed by atoms with Gasteiger partial charge in [0.1, 0.15) is 0 Å².